The second kappa shape index (κ2) is 5.51. The van der Waals surface area contributed by atoms with E-state index in [-0.39, 0.29) is 0 Å². The molecular weight excluding hydrogens is 282 g/mol. The Labute approximate surface area is 128 Å². The van der Waals surface area contributed by atoms with E-state index in [1.54, 1.807) is 12.1 Å². The zero-order chi connectivity index (χ0) is 14.8. The number of hydrogen-bond donors (Lipinski definition) is 1. The number of nitrogens with one attached hydrogen (secondary N) is 1. The molecule has 0 bridgehead atoms. The molecule has 3 rings (SSSR count). The van der Waals surface area contributed by atoms with Crippen LogP contribution in [0.2, 0.25) is 5.02 Å². The molecule has 21 heavy (non-hydrogen) atoms. The lowest BCUT2D eigenvalue weighted by atomic mass is 10.1. The molecule has 0 amide bonds. The van der Waals surface area contributed by atoms with E-state index in [0.717, 1.165) is 5.69 Å². The number of anilines is 1. The Morgan fingerprint density at radius 1 is 1.24 bits per heavy atom. The predicted octanol–water partition coefficient (Wildman–Crippen LogP) is 4.32. The van der Waals surface area contributed by atoms with Crippen LogP contribution < -0.4 is 5.32 Å². The molecule has 4 heteroatoms. The molecule has 0 fully saturated rings. The number of fused-ring (bicyclic) bond motifs is 1. The average Bonchev–Trinajstić information content (AvgIpc) is 2.83. The van der Waals surface area contributed by atoms with Crippen LogP contribution in [0.4, 0.5) is 5.69 Å². The van der Waals surface area contributed by atoms with Crippen molar-refractivity contribution in [3.8, 4) is 6.07 Å². The van der Waals surface area contributed by atoms with Gasteiger partial charge >= 0.3 is 0 Å². The van der Waals surface area contributed by atoms with Crippen molar-refractivity contribution in [1.29, 1.82) is 5.26 Å². The summed E-state index contributed by atoms with van der Waals surface area (Å²) in [6, 6.07) is 15.7. The van der Waals surface area contributed by atoms with Gasteiger partial charge in [0.15, 0.2) is 0 Å². The van der Waals surface area contributed by atoms with Gasteiger partial charge in [-0.2, -0.15) is 5.26 Å². The van der Waals surface area contributed by atoms with E-state index in [4.69, 9.17) is 16.9 Å². The Balaban J connectivity index is 1.86. The molecule has 0 radical (unpaired) electrons. The first-order valence-electron chi connectivity index (χ1n) is 6.65. The number of para-hydroxylation sites is 1. The van der Waals surface area contributed by atoms with Gasteiger partial charge in [0.25, 0.3) is 0 Å². The molecular formula is C17H14ClN3. The van der Waals surface area contributed by atoms with Gasteiger partial charge in [0, 0.05) is 30.7 Å². The molecule has 0 saturated carbocycles. The summed E-state index contributed by atoms with van der Waals surface area (Å²) in [5.41, 5.74) is 3.83. The Morgan fingerprint density at radius 2 is 2.05 bits per heavy atom. The van der Waals surface area contributed by atoms with Crippen molar-refractivity contribution in [3.05, 3.63) is 64.8 Å². The molecule has 2 aromatic carbocycles. The van der Waals surface area contributed by atoms with Crippen molar-refractivity contribution in [2.75, 3.05) is 5.32 Å². The number of rotatable bonds is 3. The van der Waals surface area contributed by atoms with Gasteiger partial charge in [-0.1, -0.05) is 29.8 Å². The lowest BCUT2D eigenvalue weighted by molar-refractivity contribution is 0.956. The fraction of sp³-hybridized carbons (Fsp3) is 0.118. The third kappa shape index (κ3) is 2.58. The van der Waals surface area contributed by atoms with Gasteiger partial charge in [0.1, 0.15) is 0 Å². The molecule has 0 spiro atoms. The Hall–Kier alpha value is -2.44. The highest BCUT2D eigenvalue weighted by Crippen LogP contribution is 2.25. The Bertz CT molecular complexity index is 843. The maximum absolute atomic E-state index is 8.85. The predicted molar refractivity (Wildman–Crippen MR) is 86.4 cm³/mol. The summed E-state index contributed by atoms with van der Waals surface area (Å²) in [5.74, 6) is 0. The summed E-state index contributed by atoms with van der Waals surface area (Å²) in [5, 5.41) is 14.0. The van der Waals surface area contributed by atoms with Crippen LogP contribution in [0, 0.1) is 11.3 Å². The highest BCUT2D eigenvalue weighted by atomic mass is 35.5. The van der Waals surface area contributed by atoms with Gasteiger partial charge < -0.3 is 9.88 Å². The van der Waals surface area contributed by atoms with Crippen LogP contribution in [0.3, 0.4) is 0 Å². The first-order valence-corrected chi connectivity index (χ1v) is 7.03. The third-order valence-electron chi connectivity index (χ3n) is 3.55. The average molecular weight is 296 g/mol. The first kappa shape index (κ1) is 13.5. The van der Waals surface area contributed by atoms with Crippen molar-refractivity contribution in [2.24, 2.45) is 7.05 Å². The number of benzene rings is 2. The van der Waals surface area contributed by atoms with E-state index in [0.29, 0.717) is 17.1 Å². The van der Waals surface area contributed by atoms with Crippen molar-refractivity contribution in [3.63, 3.8) is 0 Å². The largest absolute Gasteiger partial charge is 0.380 e. The number of aryl methyl sites for hydroxylation is 1. The minimum absolute atomic E-state index is 0.564. The van der Waals surface area contributed by atoms with Crippen molar-refractivity contribution < 1.29 is 0 Å². The normalized spacial score (nSPS) is 10.5. The summed E-state index contributed by atoms with van der Waals surface area (Å²) in [6.45, 7) is 0.687. The van der Waals surface area contributed by atoms with Crippen molar-refractivity contribution in [1.82, 2.24) is 4.57 Å². The van der Waals surface area contributed by atoms with Crippen LogP contribution in [-0.2, 0) is 13.6 Å². The van der Waals surface area contributed by atoms with Crippen LogP contribution in [0.5, 0.6) is 0 Å². The summed E-state index contributed by atoms with van der Waals surface area (Å²) in [6.07, 6.45) is 2.12. The Kier molecular flexibility index (Phi) is 3.55. The van der Waals surface area contributed by atoms with E-state index < -0.39 is 0 Å². The minimum Gasteiger partial charge on any atom is -0.380 e. The number of hydrogen-bond acceptors (Lipinski definition) is 2. The number of nitriles is 1. The topological polar surface area (TPSA) is 40.8 Å². The summed E-state index contributed by atoms with van der Waals surface area (Å²) >= 11 is 6.18. The molecule has 0 aliphatic heterocycles. The van der Waals surface area contributed by atoms with E-state index in [9.17, 15) is 0 Å². The fourth-order valence-corrected chi connectivity index (χ4v) is 2.73. The second-order valence-corrected chi connectivity index (χ2v) is 5.35. The minimum atomic E-state index is 0.564. The molecule has 1 N–H and O–H groups in total. The van der Waals surface area contributed by atoms with Crippen molar-refractivity contribution >= 4 is 28.2 Å². The fourth-order valence-electron chi connectivity index (χ4n) is 2.48. The zero-order valence-electron chi connectivity index (χ0n) is 11.6. The number of aromatic nitrogens is 1. The third-order valence-corrected chi connectivity index (χ3v) is 3.86. The Morgan fingerprint density at radius 3 is 2.81 bits per heavy atom. The monoisotopic (exact) mass is 295 g/mol. The standard InChI is InChI=1S/C17H14ClN3/c1-21-11-13(14-4-2-3-5-17(14)21)10-20-16-7-6-12(9-19)8-15(16)18/h2-8,11,20H,10H2,1H3. The smallest absolute Gasteiger partial charge is 0.0992 e. The highest BCUT2D eigenvalue weighted by molar-refractivity contribution is 6.33. The maximum atomic E-state index is 8.85. The van der Waals surface area contributed by atoms with Gasteiger partial charge in [0.2, 0.25) is 0 Å². The number of nitrogens with zero attached hydrogens (tertiary/aromatic N) is 2. The zero-order valence-corrected chi connectivity index (χ0v) is 12.4. The van der Waals surface area contributed by atoms with E-state index >= 15 is 0 Å². The molecule has 1 heterocycles. The summed E-state index contributed by atoms with van der Waals surface area (Å²) in [4.78, 5) is 0. The molecule has 3 nitrogen and oxygen atoms in total. The van der Waals surface area contributed by atoms with Crippen LogP contribution >= 0.6 is 11.6 Å². The van der Waals surface area contributed by atoms with Crippen molar-refractivity contribution in [2.45, 2.75) is 6.54 Å². The van der Waals surface area contributed by atoms with Gasteiger partial charge in [0.05, 0.1) is 22.3 Å². The van der Waals surface area contributed by atoms with Crippen LogP contribution in [0.25, 0.3) is 10.9 Å². The van der Waals surface area contributed by atoms with E-state index in [2.05, 4.69) is 34.3 Å². The first-order chi connectivity index (χ1) is 10.2. The molecule has 0 saturated heterocycles. The summed E-state index contributed by atoms with van der Waals surface area (Å²) < 4.78 is 2.12. The second-order valence-electron chi connectivity index (χ2n) is 4.94. The van der Waals surface area contributed by atoms with Gasteiger partial charge in [-0.15, -0.1) is 0 Å². The van der Waals surface area contributed by atoms with E-state index in [1.807, 2.05) is 25.2 Å². The van der Waals surface area contributed by atoms with Gasteiger partial charge in [-0.3, -0.25) is 0 Å². The lowest BCUT2D eigenvalue weighted by Gasteiger charge is -2.08. The summed E-state index contributed by atoms with van der Waals surface area (Å²) in [7, 11) is 2.04. The molecule has 0 aliphatic carbocycles. The molecule has 3 aromatic rings. The van der Waals surface area contributed by atoms with E-state index in [1.165, 1.54) is 16.5 Å². The molecule has 1 aromatic heterocycles. The van der Waals surface area contributed by atoms with Crippen LogP contribution in [-0.4, -0.2) is 4.57 Å². The van der Waals surface area contributed by atoms with Crippen LogP contribution in [0.1, 0.15) is 11.1 Å². The molecule has 0 unspecified atom stereocenters. The SMILES string of the molecule is Cn1cc(CNc2ccc(C#N)cc2Cl)c2ccccc21. The molecule has 0 aliphatic rings. The van der Waals surface area contributed by atoms with Gasteiger partial charge in [-0.05, 0) is 29.8 Å². The number of halogens is 1. The lowest BCUT2D eigenvalue weighted by Crippen LogP contribution is -1.99. The quantitative estimate of drug-likeness (QED) is 0.782. The maximum Gasteiger partial charge on any atom is 0.0992 e. The highest BCUT2D eigenvalue weighted by Gasteiger charge is 2.07. The van der Waals surface area contributed by atoms with Gasteiger partial charge in [-0.25, -0.2) is 0 Å². The molecule has 0 atom stereocenters. The van der Waals surface area contributed by atoms with Crippen LogP contribution in [0.15, 0.2) is 48.7 Å². The molecule has 104 valence electrons.